The summed E-state index contributed by atoms with van der Waals surface area (Å²) in [5.74, 6) is -0.771. The summed E-state index contributed by atoms with van der Waals surface area (Å²) in [4.78, 5) is 24.1. The third-order valence-electron chi connectivity index (χ3n) is 2.72. The van der Waals surface area contributed by atoms with E-state index in [0.29, 0.717) is 32.1 Å². The third kappa shape index (κ3) is 3.76. The zero-order chi connectivity index (χ0) is 13.7. The van der Waals surface area contributed by atoms with Crippen molar-refractivity contribution in [2.75, 3.05) is 32.8 Å². The molecule has 0 bridgehead atoms. The van der Waals surface area contributed by atoms with Crippen LogP contribution in [0, 0.1) is 0 Å². The molecular weight excluding hydrogens is 254 g/mol. The number of carbonyl (C=O) groups excluding carboxylic acids is 1. The number of carboxylic acid groups (broad SMARTS) is 1. The molecule has 0 aromatic carbocycles. The minimum atomic E-state index is -1.14. The summed E-state index contributed by atoms with van der Waals surface area (Å²) < 4.78 is 9.97. The van der Waals surface area contributed by atoms with Crippen LogP contribution in [0.4, 0.5) is 0 Å². The van der Waals surface area contributed by atoms with E-state index in [1.54, 1.807) is 4.90 Å². The highest BCUT2D eigenvalue weighted by Crippen LogP contribution is 2.03. The Bertz CT molecular complexity index is 453. The van der Waals surface area contributed by atoms with Gasteiger partial charge in [-0.05, 0) is 0 Å². The number of carbonyl (C=O) groups is 2. The average molecular weight is 269 g/mol. The summed E-state index contributed by atoms with van der Waals surface area (Å²) in [6.45, 7) is 2.77. The first-order valence-corrected chi connectivity index (χ1v) is 5.92. The van der Waals surface area contributed by atoms with Crippen molar-refractivity contribution in [2.24, 2.45) is 0 Å². The zero-order valence-corrected chi connectivity index (χ0v) is 10.3. The van der Waals surface area contributed by atoms with Crippen molar-refractivity contribution in [2.45, 2.75) is 6.54 Å². The smallest absolute Gasteiger partial charge is 0.358 e. The van der Waals surface area contributed by atoms with Gasteiger partial charge in [-0.3, -0.25) is 4.79 Å². The highest BCUT2D eigenvalue weighted by atomic mass is 16.5. The molecule has 8 nitrogen and oxygen atoms in total. The van der Waals surface area contributed by atoms with Crippen LogP contribution in [0.25, 0.3) is 0 Å². The van der Waals surface area contributed by atoms with Gasteiger partial charge in [0, 0.05) is 19.2 Å². The normalized spacial score (nSPS) is 15.5. The quantitative estimate of drug-likeness (QED) is 0.729. The largest absolute Gasteiger partial charge is 0.476 e. The number of nitrogens with zero attached hydrogens (tertiary/aromatic N) is 2. The van der Waals surface area contributed by atoms with Crippen LogP contribution in [0.1, 0.15) is 16.2 Å². The van der Waals surface area contributed by atoms with Crippen LogP contribution < -0.4 is 5.32 Å². The summed E-state index contributed by atoms with van der Waals surface area (Å²) >= 11 is 0. The molecule has 1 aromatic rings. The van der Waals surface area contributed by atoms with Crippen molar-refractivity contribution in [1.82, 2.24) is 15.4 Å². The number of hydrogen-bond acceptors (Lipinski definition) is 6. The van der Waals surface area contributed by atoms with Crippen LogP contribution in [0.3, 0.4) is 0 Å². The van der Waals surface area contributed by atoms with Gasteiger partial charge < -0.3 is 24.6 Å². The van der Waals surface area contributed by atoms with Crippen LogP contribution in [-0.2, 0) is 16.1 Å². The minimum Gasteiger partial charge on any atom is -0.476 e. The van der Waals surface area contributed by atoms with Gasteiger partial charge in [0.15, 0.2) is 11.5 Å². The van der Waals surface area contributed by atoms with E-state index in [4.69, 9.17) is 14.4 Å². The molecule has 2 rings (SSSR count). The van der Waals surface area contributed by atoms with E-state index < -0.39 is 5.97 Å². The van der Waals surface area contributed by atoms with Gasteiger partial charge in [-0.25, -0.2) is 4.79 Å². The second kappa shape index (κ2) is 6.30. The Hall–Kier alpha value is -1.93. The Morgan fingerprint density at radius 1 is 1.42 bits per heavy atom. The van der Waals surface area contributed by atoms with E-state index in [1.165, 1.54) is 6.07 Å². The van der Waals surface area contributed by atoms with Crippen molar-refractivity contribution in [3.8, 4) is 0 Å². The summed E-state index contributed by atoms with van der Waals surface area (Å²) in [5.41, 5.74) is -0.142. The average Bonchev–Trinajstić information content (AvgIpc) is 2.89. The second-order valence-electron chi connectivity index (χ2n) is 4.08. The van der Waals surface area contributed by atoms with E-state index >= 15 is 0 Å². The number of aromatic nitrogens is 1. The molecular formula is C11H15N3O5. The molecule has 104 valence electrons. The van der Waals surface area contributed by atoms with Gasteiger partial charge >= 0.3 is 5.97 Å². The summed E-state index contributed by atoms with van der Waals surface area (Å²) in [6, 6.07) is 1.33. The molecule has 0 atom stereocenters. The van der Waals surface area contributed by atoms with E-state index in [2.05, 4.69) is 10.5 Å². The topological polar surface area (TPSA) is 105 Å². The zero-order valence-electron chi connectivity index (χ0n) is 10.3. The fraction of sp³-hybridized carbons (Fsp3) is 0.545. The molecule has 0 aliphatic carbocycles. The van der Waals surface area contributed by atoms with Gasteiger partial charge in [0.1, 0.15) is 0 Å². The van der Waals surface area contributed by atoms with Crippen molar-refractivity contribution < 1.29 is 24.0 Å². The molecule has 0 unspecified atom stereocenters. The van der Waals surface area contributed by atoms with Gasteiger partial charge in [-0.2, -0.15) is 0 Å². The number of hydrogen-bond donors (Lipinski definition) is 2. The maximum atomic E-state index is 11.8. The number of amides is 1. The van der Waals surface area contributed by atoms with E-state index in [1.807, 2.05) is 0 Å². The molecule has 1 amide bonds. The standard InChI is InChI=1S/C11H15N3O5/c15-10(14-1-3-18-4-2-14)7-12-6-8-5-9(11(16)17)13-19-8/h5,12H,1-4,6-7H2,(H,16,17). The number of carboxylic acids is 1. The highest BCUT2D eigenvalue weighted by Gasteiger charge is 2.16. The molecule has 19 heavy (non-hydrogen) atoms. The van der Waals surface area contributed by atoms with Gasteiger partial charge in [0.05, 0.1) is 26.3 Å². The first-order chi connectivity index (χ1) is 9.16. The van der Waals surface area contributed by atoms with Gasteiger partial charge in [0.2, 0.25) is 5.91 Å². The van der Waals surface area contributed by atoms with Gasteiger partial charge in [-0.1, -0.05) is 5.16 Å². The van der Waals surface area contributed by atoms with Crippen LogP contribution in [0.5, 0.6) is 0 Å². The molecule has 1 aromatic heterocycles. The highest BCUT2D eigenvalue weighted by molar-refractivity contribution is 5.85. The summed E-state index contributed by atoms with van der Waals surface area (Å²) in [7, 11) is 0. The molecule has 0 saturated carbocycles. The molecule has 1 aliphatic heterocycles. The molecule has 8 heteroatoms. The lowest BCUT2D eigenvalue weighted by molar-refractivity contribution is -0.134. The van der Waals surface area contributed by atoms with Gasteiger partial charge in [-0.15, -0.1) is 0 Å². The Kier molecular flexibility index (Phi) is 4.48. The Labute approximate surface area is 109 Å². The summed E-state index contributed by atoms with van der Waals surface area (Å²) in [5, 5.41) is 14.9. The van der Waals surface area contributed by atoms with Crippen molar-refractivity contribution in [3.05, 3.63) is 17.5 Å². The Morgan fingerprint density at radius 2 is 2.16 bits per heavy atom. The van der Waals surface area contributed by atoms with Crippen molar-refractivity contribution in [1.29, 1.82) is 0 Å². The molecule has 0 spiro atoms. The number of ether oxygens (including phenoxy) is 1. The maximum absolute atomic E-state index is 11.8. The van der Waals surface area contributed by atoms with E-state index in [-0.39, 0.29) is 24.7 Å². The van der Waals surface area contributed by atoms with Crippen LogP contribution >= 0.6 is 0 Å². The monoisotopic (exact) mass is 269 g/mol. The number of nitrogens with one attached hydrogen (secondary N) is 1. The first kappa shape index (κ1) is 13.5. The van der Waals surface area contributed by atoms with Crippen LogP contribution in [0.15, 0.2) is 10.6 Å². The molecule has 2 heterocycles. The SMILES string of the molecule is O=C(O)c1cc(CNCC(=O)N2CCOCC2)on1. The maximum Gasteiger partial charge on any atom is 0.358 e. The minimum absolute atomic E-state index is 0.0127. The molecule has 1 fully saturated rings. The molecule has 2 N–H and O–H groups in total. The molecule has 0 radical (unpaired) electrons. The fourth-order valence-corrected chi connectivity index (χ4v) is 1.71. The van der Waals surface area contributed by atoms with Crippen LogP contribution in [-0.4, -0.2) is 59.9 Å². The Balaban J connectivity index is 1.73. The Morgan fingerprint density at radius 3 is 2.79 bits per heavy atom. The number of rotatable bonds is 5. The molecule has 1 aliphatic rings. The van der Waals surface area contributed by atoms with Crippen molar-refractivity contribution in [3.63, 3.8) is 0 Å². The lowest BCUT2D eigenvalue weighted by Gasteiger charge is -2.26. The predicted octanol–water partition coefficient (Wildman–Crippen LogP) is -0.679. The van der Waals surface area contributed by atoms with Crippen molar-refractivity contribution >= 4 is 11.9 Å². The fourth-order valence-electron chi connectivity index (χ4n) is 1.71. The predicted molar refractivity (Wildman–Crippen MR) is 62.6 cm³/mol. The molecule has 1 saturated heterocycles. The first-order valence-electron chi connectivity index (χ1n) is 5.92. The summed E-state index contributed by atoms with van der Waals surface area (Å²) in [6.07, 6.45) is 0. The van der Waals surface area contributed by atoms with E-state index in [0.717, 1.165) is 0 Å². The lowest BCUT2D eigenvalue weighted by atomic mass is 10.3. The van der Waals surface area contributed by atoms with Crippen LogP contribution in [0.2, 0.25) is 0 Å². The number of morpholine rings is 1. The number of aromatic carboxylic acids is 1. The van der Waals surface area contributed by atoms with Gasteiger partial charge in [0.25, 0.3) is 0 Å². The third-order valence-corrected chi connectivity index (χ3v) is 2.72. The van der Waals surface area contributed by atoms with E-state index in [9.17, 15) is 9.59 Å². The lowest BCUT2D eigenvalue weighted by Crippen LogP contribution is -2.44. The second-order valence-corrected chi connectivity index (χ2v) is 4.08.